The molecule has 0 aliphatic carbocycles. The molecule has 0 unspecified atom stereocenters. The van der Waals surface area contributed by atoms with Crippen molar-refractivity contribution in [1.82, 2.24) is 4.57 Å². The van der Waals surface area contributed by atoms with Gasteiger partial charge >= 0.3 is 0 Å². The molecule has 0 amide bonds. The molecule has 0 saturated heterocycles. The maximum Gasteiger partial charge on any atom is 0.274 e. The molecule has 7 nitrogen and oxygen atoms in total. The maximum absolute atomic E-state index is 13.4. The summed E-state index contributed by atoms with van der Waals surface area (Å²) in [6, 6.07) is 11.8. The van der Waals surface area contributed by atoms with Crippen LogP contribution in [0.3, 0.4) is 0 Å². The zero-order chi connectivity index (χ0) is 22.6. The number of carbonyl (C=O) groups is 1. The van der Waals surface area contributed by atoms with Gasteiger partial charge in [0.1, 0.15) is 9.96 Å². The number of thiophene rings is 1. The molecule has 0 bridgehead atoms. The van der Waals surface area contributed by atoms with Gasteiger partial charge in [-0.1, -0.05) is 18.2 Å². The van der Waals surface area contributed by atoms with E-state index < -0.39 is 10.0 Å². The minimum absolute atomic E-state index is 0.164. The van der Waals surface area contributed by atoms with Crippen molar-refractivity contribution in [2.75, 3.05) is 31.7 Å². The maximum atomic E-state index is 13.4. The zero-order valence-corrected chi connectivity index (χ0v) is 19.6. The summed E-state index contributed by atoms with van der Waals surface area (Å²) in [4.78, 5) is 13.3. The summed E-state index contributed by atoms with van der Waals surface area (Å²) in [6.45, 7) is 4.57. The molecule has 0 aliphatic heterocycles. The topological polar surface area (TPSA) is 77.8 Å². The van der Waals surface area contributed by atoms with Crippen LogP contribution in [0.25, 0.3) is 0 Å². The van der Waals surface area contributed by atoms with E-state index in [1.807, 2.05) is 18.4 Å². The second-order valence-corrected chi connectivity index (χ2v) is 10.0. The molecule has 2 aromatic heterocycles. The number of hydrogen-bond acceptors (Lipinski definition) is 6. The number of ketones is 1. The van der Waals surface area contributed by atoms with Crippen molar-refractivity contribution in [3.8, 4) is 5.75 Å². The van der Waals surface area contributed by atoms with E-state index in [-0.39, 0.29) is 16.5 Å². The largest absolute Gasteiger partial charge is 0.495 e. The van der Waals surface area contributed by atoms with Gasteiger partial charge in [-0.2, -0.15) is 0 Å². The van der Waals surface area contributed by atoms with E-state index in [1.54, 1.807) is 48.9 Å². The molecule has 3 aromatic rings. The van der Waals surface area contributed by atoms with Gasteiger partial charge in [-0.25, -0.2) is 8.42 Å². The average molecular weight is 463 g/mol. The number of sulfonamides is 1. The lowest BCUT2D eigenvalue weighted by Crippen LogP contribution is -2.36. The van der Waals surface area contributed by atoms with Crippen LogP contribution in [0, 0.1) is 13.8 Å². The Morgan fingerprint density at radius 3 is 2.52 bits per heavy atom. The molecule has 3 rings (SSSR count). The van der Waals surface area contributed by atoms with Gasteiger partial charge in [0.05, 0.1) is 25.9 Å². The molecule has 0 N–H and O–H groups in total. The number of aromatic nitrogens is 1. The van der Waals surface area contributed by atoms with Crippen LogP contribution in [-0.4, -0.2) is 46.1 Å². The molecule has 0 saturated carbocycles. The van der Waals surface area contributed by atoms with E-state index in [9.17, 15) is 13.2 Å². The van der Waals surface area contributed by atoms with Gasteiger partial charge in [0.2, 0.25) is 0 Å². The molecular weight excluding hydrogens is 436 g/mol. The van der Waals surface area contributed by atoms with E-state index in [0.29, 0.717) is 30.2 Å². The first-order valence-electron chi connectivity index (χ1n) is 9.69. The van der Waals surface area contributed by atoms with Crippen LogP contribution in [-0.2, 0) is 21.3 Å². The molecule has 0 radical (unpaired) electrons. The Hall–Kier alpha value is -2.62. The Morgan fingerprint density at radius 2 is 1.87 bits per heavy atom. The van der Waals surface area contributed by atoms with Crippen LogP contribution >= 0.6 is 11.3 Å². The van der Waals surface area contributed by atoms with E-state index >= 15 is 0 Å². The highest BCUT2D eigenvalue weighted by atomic mass is 32.2. The van der Waals surface area contributed by atoms with Crippen LogP contribution in [0.4, 0.5) is 5.69 Å². The SMILES string of the molecule is COCCn1c(C)cc(C(=O)CN(c2ccccc2OC)S(=O)(=O)c2cccs2)c1C. The van der Waals surface area contributed by atoms with Crippen LogP contribution in [0.1, 0.15) is 21.7 Å². The molecule has 0 atom stereocenters. The summed E-state index contributed by atoms with van der Waals surface area (Å²) >= 11 is 1.11. The lowest BCUT2D eigenvalue weighted by Gasteiger charge is -2.24. The number of aryl methyl sites for hydroxylation is 1. The normalized spacial score (nSPS) is 11.5. The quantitative estimate of drug-likeness (QED) is 0.427. The highest BCUT2D eigenvalue weighted by Crippen LogP contribution is 2.34. The summed E-state index contributed by atoms with van der Waals surface area (Å²) in [5.74, 6) is 0.0869. The predicted molar refractivity (Wildman–Crippen MR) is 122 cm³/mol. The fourth-order valence-corrected chi connectivity index (χ4v) is 6.02. The standard InChI is InChI=1S/C22H26N2O5S2/c1-16-14-18(17(2)23(16)11-12-28-3)20(25)15-24(19-8-5-6-9-21(19)29-4)31(26,27)22-10-7-13-30-22/h5-10,13-14H,11-12,15H2,1-4H3. The molecule has 166 valence electrons. The van der Waals surface area contributed by atoms with Crippen LogP contribution < -0.4 is 9.04 Å². The Kier molecular flexibility index (Phi) is 7.19. The third-order valence-electron chi connectivity index (χ3n) is 5.07. The molecule has 2 heterocycles. The molecule has 9 heteroatoms. The van der Waals surface area contributed by atoms with Gasteiger partial charge in [-0.3, -0.25) is 9.10 Å². The number of ether oxygens (including phenoxy) is 2. The minimum Gasteiger partial charge on any atom is -0.495 e. The van der Waals surface area contributed by atoms with Gasteiger partial charge in [0.15, 0.2) is 5.78 Å². The second-order valence-electron chi connectivity index (χ2n) is 6.97. The van der Waals surface area contributed by atoms with Crippen LogP contribution in [0.15, 0.2) is 52.1 Å². The number of para-hydroxylation sites is 2. The number of Topliss-reactive ketones (excluding diaryl/α,β-unsaturated/α-hetero) is 1. The number of carbonyl (C=O) groups excluding carboxylic acids is 1. The molecular formula is C22H26N2O5S2. The van der Waals surface area contributed by atoms with E-state index in [2.05, 4.69) is 0 Å². The molecule has 0 fully saturated rings. The third-order valence-corrected chi connectivity index (χ3v) is 8.21. The highest BCUT2D eigenvalue weighted by molar-refractivity contribution is 7.94. The number of nitrogens with zero attached hydrogens (tertiary/aromatic N) is 2. The minimum atomic E-state index is -3.95. The third kappa shape index (κ3) is 4.68. The number of hydrogen-bond donors (Lipinski definition) is 0. The summed E-state index contributed by atoms with van der Waals surface area (Å²) in [5.41, 5.74) is 2.52. The monoisotopic (exact) mass is 462 g/mol. The fraction of sp³-hybridized carbons (Fsp3) is 0.318. The molecule has 1 aromatic carbocycles. The van der Waals surface area contributed by atoms with Crippen molar-refractivity contribution >= 4 is 32.8 Å². The molecule has 31 heavy (non-hydrogen) atoms. The highest BCUT2D eigenvalue weighted by Gasteiger charge is 2.31. The summed E-state index contributed by atoms with van der Waals surface area (Å²) in [7, 11) is -0.855. The smallest absolute Gasteiger partial charge is 0.274 e. The predicted octanol–water partition coefficient (Wildman–Crippen LogP) is 3.90. The average Bonchev–Trinajstić information content (AvgIpc) is 3.40. The lowest BCUT2D eigenvalue weighted by molar-refractivity contribution is 0.100. The number of anilines is 1. The van der Waals surface area contributed by atoms with E-state index in [1.165, 1.54) is 13.2 Å². The zero-order valence-electron chi connectivity index (χ0n) is 18.0. The lowest BCUT2D eigenvalue weighted by atomic mass is 10.1. The number of rotatable bonds is 10. The first-order chi connectivity index (χ1) is 14.8. The summed E-state index contributed by atoms with van der Waals surface area (Å²) in [6.07, 6.45) is 0. The first-order valence-corrected chi connectivity index (χ1v) is 12.0. The fourth-order valence-electron chi connectivity index (χ4n) is 3.48. The van der Waals surface area contributed by atoms with Crippen LogP contribution in [0.5, 0.6) is 5.75 Å². The van der Waals surface area contributed by atoms with Gasteiger partial charge in [0, 0.05) is 30.6 Å². The first kappa shape index (κ1) is 23.1. The van der Waals surface area contributed by atoms with Gasteiger partial charge in [-0.15, -0.1) is 11.3 Å². The number of methoxy groups -OCH3 is 2. The van der Waals surface area contributed by atoms with Crippen molar-refractivity contribution in [1.29, 1.82) is 0 Å². The van der Waals surface area contributed by atoms with Gasteiger partial charge in [0.25, 0.3) is 10.0 Å². The second kappa shape index (κ2) is 9.67. The Morgan fingerprint density at radius 1 is 1.13 bits per heavy atom. The van der Waals surface area contributed by atoms with Crippen molar-refractivity contribution in [2.24, 2.45) is 0 Å². The molecule has 0 spiro atoms. The number of benzene rings is 1. The van der Waals surface area contributed by atoms with Crippen molar-refractivity contribution in [3.05, 3.63) is 64.8 Å². The summed E-state index contributed by atoms with van der Waals surface area (Å²) < 4.78 is 40.7. The van der Waals surface area contributed by atoms with Crippen molar-refractivity contribution < 1.29 is 22.7 Å². The summed E-state index contributed by atoms with van der Waals surface area (Å²) in [5, 5.41) is 1.69. The van der Waals surface area contributed by atoms with Crippen molar-refractivity contribution in [2.45, 2.75) is 24.6 Å². The van der Waals surface area contributed by atoms with E-state index in [4.69, 9.17) is 9.47 Å². The van der Waals surface area contributed by atoms with Gasteiger partial charge in [-0.05, 0) is 43.5 Å². The Labute approximate surface area is 186 Å². The van der Waals surface area contributed by atoms with Crippen LogP contribution in [0.2, 0.25) is 0 Å². The van der Waals surface area contributed by atoms with Crippen molar-refractivity contribution in [3.63, 3.8) is 0 Å². The molecule has 0 aliphatic rings. The Bertz CT molecular complexity index is 1150. The van der Waals surface area contributed by atoms with Gasteiger partial charge < -0.3 is 14.0 Å². The Balaban J connectivity index is 2.03. The van der Waals surface area contributed by atoms with E-state index in [0.717, 1.165) is 27.0 Å².